The largest absolute Gasteiger partial charge is 0.462 e. The molecule has 1 rings (SSSR count). The number of aromatic nitrogens is 1. The van der Waals surface area contributed by atoms with Crippen molar-refractivity contribution in [3.8, 4) is 0 Å². The van der Waals surface area contributed by atoms with Gasteiger partial charge < -0.3 is 14.8 Å². The van der Waals surface area contributed by atoms with E-state index in [-0.39, 0.29) is 5.97 Å². The molecule has 0 saturated heterocycles. The standard InChI is InChI=1S/C13H20N2O3/c1-3-18-13(16)11-6-7-12(15-10-11)14-8-4-5-9-17-2/h6-7,10H,3-5,8-9H2,1-2H3,(H,14,15). The van der Waals surface area contributed by atoms with Crippen LogP contribution < -0.4 is 5.32 Å². The van der Waals surface area contributed by atoms with Crippen molar-refractivity contribution in [1.29, 1.82) is 0 Å². The lowest BCUT2D eigenvalue weighted by Gasteiger charge is -2.06. The summed E-state index contributed by atoms with van der Waals surface area (Å²) in [5.41, 5.74) is 0.474. The number of hydrogen-bond donors (Lipinski definition) is 1. The van der Waals surface area contributed by atoms with Crippen molar-refractivity contribution >= 4 is 11.8 Å². The van der Waals surface area contributed by atoms with Crippen LogP contribution >= 0.6 is 0 Å². The Morgan fingerprint density at radius 2 is 2.22 bits per heavy atom. The van der Waals surface area contributed by atoms with Crippen LogP contribution in [0.3, 0.4) is 0 Å². The quantitative estimate of drug-likeness (QED) is 0.567. The molecule has 0 aromatic carbocycles. The van der Waals surface area contributed by atoms with E-state index < -0.39 is 0 Å². The van der Waals surface area contributed by atoms with Crippen LogP contribution in [0.2, 0.25) is 0 Å². The maximum Gasteiger partial charge on any atom is 0.339 e. The van der Waals surface area contributed by atoms with Gasteiger partial charge in [0.1, 0.15) is 5.82 Å². The van der Waals surface area contributed by atoms with Gasteiger partial charge in [0, 0.05) is 26.5 Å². The summed E-state index contributed by atoms with van der Waals surface area (Å²) in [4.78, 5) is 15.5. The normalized spacial score (nSPS) is 10.1. The molecule has 0 spiro atoms. The maximum absolute atomic E-state index is 11.4. The molecule has 0 unspecified atom stereocenters. The Kier molecular flexibility index (Phi) is 6.79. The first-order valence-corrected chi connectivity index (χ1v) is 6.14. The van der Waals surface area contributed by atoms with E-state index in [9.17, 15) is 4.79 Å². The Morgan fingerprint density at radius 1 is 1.39 bits per heavy atom. The van der Waals surface area contributed by atoms with Gasteiger partial charge in [-0.2, -0.15) is 0 Å². The van der Waals surface area contributed by atoms with Crippen molar-refractivity contribution in [2.24, 2.45) is 0 Å². The summed E-state index contributed by atoms with van der Waals surface area (Å²) in [7, 11) is 1.70. The Morgan fingerprint density at radius 3 is 2.83 bits per heavy atom. The van der Waals surface area contributed by atoms with Gasteiger partial charge in [0.15, 0.2) is 0 Å². The third kappa shape index (κ3) is 5.14. The minimum atomic E-state index is -0.336. The summed E-state index contributed by atoms with van der Waals surface area (Å²) in [6.45, 7) is 3.77. The zero-order valence-electron chi connectivity index (χ0n) is 10.9. The van der Waals surface area contributed by atoms with Crippen molar-refractivity contribution in [3.05, 3.63) is 23.9 Å². The van der Waals surface area contributed by atoms with Crippen molar-refractivity contribution in [1.82, 2.24) is 4.98 Å². The van der Waals surface area contributed by atoms with Gasteiger partial charge in [0.25, 0.3) is 0 Å². The number of anilines is 1. The Balaban J connectivity index is 2.33. The fourth-order valence-corrected chi connectivity index (χ4v) is 1.42. The number of carbonyl (C=O) groups is 1. The molecule has 18 heavy (non-hydrogen) atoms. The highest BCUT2D eigenvalue weighted by atomic mass is 16.5. The van der Waals surface area contributed by atoms with Gasteiger partial charge in [-0.15, -0.1) is 0 Å². The molecule has 0 fully saturated rings. The molecule has 0 aliphatic carbocycles. The van der Waals surface area contributed by atoms with Crippen LogP contribution in [0.4, 0.5) is 5.82 Å². The number of esters is 1. The molecular weight excluding hydrogens is 232 g/mol. The molecule has 0 amide bonds. The minimum Gasteiger partial charge on any atom is -0.462 e. The van der Waals surface area contributed by atoms with E-state index in [0.29, 0.717) is 12.2 Å². The van der Waals surface area contributed by atoms with E-state index in [1.807, 2.05) is 0 Å². The number of nitrogens with one attached hydrogen (secondary N) is 1. The Bertz CT molecular complexity index is 352. The van der Waals surface area contributed by atoms with Gasteiger partial charge in [0.05, 0.1) is 12.2 Å². The molecule has 0 atom stereocenters. The summed E-state index contributed by atoms with van der Waals surface area (Å²) in [5, 5.41) is 3.18. The van der Waals surface area contributed by atoms with E-state index in [2.05, 4.69) is 10.3 Å². The molecule has 1 heterocycles. The third-order valence-electron chi connectivity index (χ3n) is 2.36. The van der Waals surface area contributed by atoms with Crippen molar-refractivity contribution in [3.63, 3.8) is 0 Å². The number of methoxy groups -OCH3 is 1. The second-order valence-electron chi connectivity index (χ2n) is 3.78. The molecule has 100 valence electrons. The van der Waals surface area contributed by atoms with Crippen molar-refractivity contribution < 1.29 is 14.3 Å². The predicted molar refractivity (Wildman–Crippen MR) is 69.8 cm³/mol. The lowest BCUT2D eigenvalue weighted by atomic mass is 10.3. The minimum absolute atomic E-state index is 0.336. The summed E-state index contributed by atoms with van der Waals surface area (Å²) in [6, 6.07) is 3.49. The SMILES string of the molecule is CCOC(=O)c1ccc(NCCCCOC)nc1. The zero-order chi connectivity index (χ0) is 13.2. The molecule has 0 aliphatic heterocycles. The number of nitrogens with zero attached hydrogens (tertiary/aromatic N) is 1. The van der Waals surface area contributed by atoms with Crippen molar-refractivity contribution in [2.45, 2.75) is 19.8 Å². The second kappa shape index (κ2) is 8.47. The lowest BCUT2D eigenvalue weighted by molar-refractivity contribution is 0.0526. The first kappa shape index (κ1) is 14.4. The molecule has 1 N–H and O–H groups in total. The molecule has 5 nitrogen and oxygen atoms in total. The second-order valence-corrected chi connectivity index (χ2v) is 3.78. The summed E-state index contributed by atoms with van der Waals surface area (Å²) in [5.74, 6) is 0.428. The van der Waals surface area contributed by atoms with Gasteiger partial charge in [-0.25, -0.2) is 9.78 Å². The van der Waals surface area contributed by atoms with Crippen LogP contribution in [0.25, 0.3) is 0 Å². The molecular formula is C13H20N2O3. The summed E-state index contributed by atoms with van der Waals surface area (Å²) < 4.78 is 9.84. The van der Waals surface area contributed by atoms with Gasteiger partial charge in [-0.05, 0) is 31.9 Å². The average Bonchev–Trinajstić information content (AvgIpc) is 2.39. The van der Waals surface area contributed by atoms with E-state index in [1.54, 1.807) is 26.2 Å². The smallest absolute Gasteiger partial charge is 0.339 e. The Hall–Kier alpha value is -1.62. The molecule has 0 radical (unpaired) electrons. The van der Waals surface area contributed by atoms with Crippen LogP contribution in [0.1, 0.15) is 30.1 Å². The number of rotatable bonds is 8. The zero-order valence-corrected chi connectivity index (χ0v) is 10.9. The fourth-order valence-electron chi connectivity index (χ4n) is 1.42. The van der Waals surface area contributed by atoms with Crippen LogP contribution in [0, 0.1) is 0 Å². The van der Waals surface area contributed by atoms with E-state index >= 15 is 0 Å². The molecule has 1 aromatic rings. The first-order chi connectivity index (χ1) is 8.77. The lowest BCUT2D eigenvalue weighted by Crippen LogP contribution is -2.07. The number of hydrogen-bond acceptors (Lipinski definition) is 5. The highest BCUT2D eigenvalue weighted by Crippen LogP contribution is 2.06. The van der Waals surface area contributed by atoms with E-state index in [4.69, 9.17) is 9.47 Å². The number of ether oxygens (including phenoxy) is 2. The van der Waals surface area contributed by atoms with E-state index in [0.717, 1.165) is 31.8 Å². The number of unbranched alkanes of at least 4 members (excludes halogenated alkanes) is 1. The molecule has 0 saturated carbocycles. The molecule has 0 aliphatic rings. The van der Waals surface area contributed by atoms with Gasteiger partial charge >= 0.3 is 5.97 Å². The van der Waals surface area contributed by atoms with E-state index in [1.165, 1.54) is 6.20 Å². The highest BCUT2D eigenvalue weighted by Gasteiger charge is 2.06. The molecule has 0 bridgehead atoms. The van der Waals surface area contributed by atoms with Crippen LogP contribution in [0.15, 0.2) is 18.3 Å². The highest BCUT2D eigenvalue weighted by molar-refractivity contribution is 5.89. The molecule has 5 heteroatoms. The van der Waals surface area contributed by atoms with Crippen molar-refractivity contribution in [2.75, 3.05) is 32.2 Å². The number of carbonyl (C=O) groups excluding carboxylic acids is 1. The first-order valence-electron chi connectivity index (χ1n) is 6.14. The van der Waals surface area contributed by atoms with Crippen LogP contribution in [-0.2, 0) is 9.47 Å². The fraction of sp³-hybridized carbons (Fsp3) is 0.538. The van der Waals surface area contributed by atoms with Gasteiger partial charge in [0.2, 0.25) is 0 Å². The average molecular weight is 252 g/mol. The number of pyridine rings is 1. The monoisotopic (exact) mass is 252 g/mol. The molecule has 1 aromatic heterocycles. The third-order valence-corrected chi connectivity index (χ3v) is 2.36. The van der Waals surface area contributed by atoms with Crippen LogP contribution in [-0.4, -0.2) is 37.8 Å². The van der Waals surface area contributed by atoms with Crippen LogP contribution in [0.5, 0.6) is 0 Å². The maximum atomic E-state index is 11.4. The van der Waals surface area contributed by atoms with Gasteiger partial charge in [-0.3, -0.25) is 0 Å². The summed E-state index contributed by atoms with van der Waals surface area (Å²) >= 11 is 0. The summed E-state index contributed by atoms with van der Waals surface area (Å²) in [6.07, 6.45) is 3.56. The van der Waals surface area contributed by atoms with Gasteiger partial charge in [-0.1, -0.05) is 0 Å². The topological polar surface area (TPSA) is 60.5 Å². The predicted octanol–water partition coefficient (Wildman–Crippen LogP) is 2.10. The Labute approximate surface area is 108 Å².